The summed E-state index contributed by atoms with van der Waals surface area (Å²) in [5.41, 5.74) is 0. The maximum absolute atomic E-state index is 14.0. The predicted molar refractivity (Wildman–Crippen MR) is 68.9 cm³/mol. The molecule has 0 radical (unpaired) electrons. The van der Waals surface area contributed by atoms with Crippen molar-refractivity contribution in [1.82, 2.24) is 0 Å². The summed E-state index contributed by atoms with van der Waals surface area (Å²) in [6.07, 6.45) is -49.9. The van der Waals surface area contributed by atoms with Gasteiger partial charge in [-0.3, -0.25) is 19.0 Å². The third-order valence-electron chi connectivity index (χ3n) is 3.55. The van der Waals surface area contributed by atoms with Crippen LogP contribution in [0.5, 0.6) is 0 Å². The SMILES string of the molecule is O=C(F)[C@](F)(OC(F)(F)[C@@](F)(OC(F)(F)[C@@](F)(OC(F)(F)C(F)(F)S(=O)(=O)F)C(F)(F)F)C(F)(F)F)C(F)(F)F. The summed E-state index contributed by atoms with van der Waals surface area (Å²) in [6, 6.07) is -5.01. The second-order valence-corrected chi connectivity index (χ2v) is 7.75. The molecule has 0 saturated carbocycles. The number of hydrogen-bond acceptors (Lipinski definition) is 6. The van der Waals surface area contributed by atoms with Gasteiger partial charge in [0.05, 0.1) is 0 Å². The Morgan fingerprint density at radius 3 is 0.975 bits per heavy atom. The normalized spacial score (nSPS) is 19.9. The molecule has 0 rings (SSSR count). The van der Waals surface area contributed by atoms with Gasteiger partial charge in [0.1, 0.15) is 0 Å². The lowest BCUT2D eigenvalue weighted by Gasteiger charge is -2.42. The molecule has 240 valence electrons. The van der Waals surface area contributed by atoms with Gasteiger partial charge in [0.2, 0.25) is 0 Å². The highest BCUT2D eigenvalue weighted by atomic mass is 32.3. The smallest absolute Gasteiger partial charge is 0.263 e. The first-order chi connectivity index (χ1) is 16.8. The van der Waals surface area contributed by atoms with E-state index in [1.54, 1.807) is 0 Å². The van der Waals surface area contributed by atoms with Crippen molar-refractivity contribution in [2.45, 2.75) is 59.7 Å². The third kappa shape index (κ3) is 6.09. The van der Waals surface area contributed by atoms with Gasteiger partial charge in [-0.05, 0) is 0 Å². The van der Waals surface area contributed by atoms with Crippen molar-refractivity contribution in [3.05, 3.63) is 0 Å². The van der Waals surface area contributed by atoms with Crippen LogP contribution in [0.4, 0.5) is 96.1 Å². The van der Waals surface area contributed by atoms with Gasteiger partial charge in [-0.2, -0.15) is 101 Å². The van der Waals surface area contributed by atoms with Crippen molar-refractivity contribution in [1.29, 1.82) is 0 Å². The minimum absolute atomic E-state index is 1.02. The zero-order valence-corrected chi connectivity index (χ0v) is 17.5. The molecule has 6 nitrogen and oxygen atoms in total. The highest BCUT2D eigenvalue weighted by Gasteiger charge is 2.88. The molecule has 0 aliphatic rings. The zero-order valence-electron chi connectivity index (χ0n) is 16.7. The van der Waals surface area contributed by atoms with Gasteiger partial charge < -0.3 is 0 Å². The summed E-state index contributed by atoms with van der Waals surface area (Å²) < 4.78 is 309. The Labute approximate surface area is 200 Å². The number of carbonyl (C=O) groups is 1. The number of rotatable bonds is 11. The van der Waals surface area contributed by atoms with E-state index < -0.39 is 75.9 Å². The molecule has 0 heterocycles. The number of alkyl halides is 20. The summed E-state index contributed by atoms with van der Waals surface area (Å²) in [5, 5.41) is -7.93. The molecule has 0 amide bonds. The van der Waals surface area contributed by atoms with Crippen LogP contribution in [0.15, 0.2) is 0 Å². The summed E-state index contributed by atoms with van der Waals surface area (Å²) in [5.74, 6) is -24.9. The fourth-order valence-electron chi connectivity index (χ4n) is 1.64. The topological polar surface area (TPSA) is 78.9 Å². The van der Waals surface area contributed by atoms with Crippen LogP contribution in [0.2, 0.25) is 0 Å². The second-order valence-electron chi connectivity index (χ2n) is 6.36. The number of ether oxygens (including phenoxy) is 3. The van der Waals surface area contributed by atoms with E-state index in [0.29, 0.717) is 0 Å². The van der Waals surface area contributed by atoms with Crippen molar-refractivity contribution in [2.24, 2.45) is 0 Å². The Balaban J connectivity index is 7.29. The van der Waals surface area contributed by atoms with Crippen LogP contribution in [0.1, 0.15) is 0 Å². The number of hydrogen-bond donors (Lipinski definition) is 0. The van der Waals surface area contributed by atoms with E-state index in [9.17, 15) is 109 Å². The monoisotopic (exact) mass is 678 g/mol. The van der Waals surface area contributed by atoms with E-state index in [2.05, 4.69) is 0 Å². The molecule has 0 aromatic heterocycles. The first-order valence-electron chi connectivity index (χ1n) is 7.84. The van der Waals surface area contributed by atoms with Crippen LogP contribution in [0, 0.1) is 0 Å². The minimum atomic E-state index is -8.75. The van der Waals surface area contributed by atoms with Crippen LogP contribution < -0.4 is 0 Å². The largest absolute Gasteiger partial charge is 0.464 e. The lowest BCUT2D eigenvalue weighted by atomic mass is 10.2. The molecule has 0 unspecified atom stereocenters. The standard InChI is InChI=1S/C11F22O6S/c12-1(34)2(13,5(16,17)18)37-8(25,26)3(14,6(19,20)21)38-9(27,28)4(15,7(22,23)24)39-10(29,30)11(31,32)40(33,35)36/t2-,3-,4-/m0/s1. The summed E-state index contributed by atoms with van der Waals surface area (Å²) in [4.78, 5) is 10.00. The lowest BCUT2D eigenvalue weighted by molar-refractivity contribution is -0.571. The molecule has 0 saturated heterocycles. The van der Waals surface area contributed by atoms with Gasteiger partial charge in [0.15, 0.2) is 0 Å². The first kappa shape index (κ1) is 38.0. The molecular weight excluding hydrogens is 678 g/mol. The van der Waals surface area contributed by atoms with E-state index in [1.165, 1.54) is 4.74 Å². The van der Waals surface area contributed by atoms with Crippen LogP contribution in [-0.4, -0.2) is 74.1 Å². The molecule has 0 fully saturated rings. The van der Waals surface area contributed by atoms with Crippen molar-refractivity contribution in [2.75, 3.05) is 0 Å². The Morgan fingerprint density at radius 1 is 0.475 bits per heavy atom. The molecule has 0 aliphatic carbocycles. The van der Waals surface area contributed by atoms with Crippen molar-refractivity contribution >= 4 is 16.3 Å². The quantitative estimate of drug-likeness (QED) is 0.201. The molecule has 0 bridgehead atoms. The number of carbonyl (C=O) groups excluding carboxylic acids is 1. The van der Waals surface area contributed by atoms with E-state index in [4.69, 9.17) is 0 Å². The highest BCUT2D eigenvalue weighted by Crippen LogP contribution is 2.58. The molecule has 40 heavy (non-hydrogen) atoms. The third-order valence-corrected chi connectivity index (χ3v) is 4.40. The summed E-state index contributed by atoms with van der Waals surface area (Å²) in [7, 11) is -8.39. The number of halogens is 22. The Bertz CT molecular complexity index is 1060. The molecule has 29 heteroatoms. The average Bonchev–Trinajstić information content (AvgIpc) is 2.62. The molecule has 0 spiro atoms. The van der Waals surface area contributed by atoms with Crippen molar-refractivity contribution in [3.63, 3.8) is 0 Å². The second kappa shape index (κ2) is 9.76. The molecule has 0 aromatic rings. The molecule has 0 aromatic carbocycles. The first-order valence-corrected chi connectivity index (χ1v) is 9.22. The predicted octanol–water partition coefficient (Wildman–Crippen LogP) is 5.89. The molecule has 0 aliphatic heterocycles. The zero-order chi connectivity index (χ0) is 33.2. The fourth-order valence-corrected chi connectivity index (χ4v) is 1.96. The molecule has 0 N–H and O–H groups in total. The van der Waals surface area contributed by atoms with Gasteiger partial charge in [0, 0.05) is 0 Å². The summed E-state index contributed by atoms with van der Waals surface area (Å²) >= 11 is 0. The van der Waals surface area contributed by atoms with E-state index in [1.807, 2.05) is 0 Å². The van der Waals surface area contributed by atoms with Crippen molar-refractivity contribution < 1.29 is 124 Å². The average molecular weight is 678 g/mol. The van der Waals surface area contributed by atoms with E-state index >= 15 is 0 Å². The summed E-state index contributed by atoms with van der Waals surface area (Å²) in [6.45, 7) is 0. The van der Waals surface area contributed by atoms with Gasteiger partial charge in [-0.1, -0.05) is 3.89 Å². The van der Waals surface area contributed by atoms with Crippen LogP contribution >= 0.6 is 0 Å². The van der Waals surface area contributed by atoms with Gasteiger partial charge in [0.25, 0.3) is 0 Å². The van der Waals surface area contributed by atoms with E-state index in [0.717, 1.165) is 9.47 Å². The van der Waals surface area contributed by atoms with Crippen LogP contribution in [0.3, 0.4) is 0 Å². The van der Waals surface area contributed by atoms with Crippen molar-refractivity contribution in [3.8, 4) is 0 Å². The lowest BCUT2D eigenvalue weighted by Crippen LogP contribution is -2.70. The molecular formula is C11F22O6S. The van der Waals surface area contributed by atoms with Crippen LogP contribution in [0.25, 0.3) is 0 Å². The Hall–Kier alpha value is -2.04. The van der Waals surface area contributed by atoms with Gasteiger partial charge in [-0.25, -0.2) is 0 Å². The maximum Gasteiger partial charge on any atom is 0.464 e. The minimum Gasteiger partial charge on any atom is -0.263 e. The molecule has 3 atom stereocenters. The Morgan fingerprint density at radius 2 is 0.750 bits per heavy atom. The fraction of sp³-hybridized carbons (Fsp3) is 0.909. The highest BCUT2D eigenvalue weighted by molar-refractivity contribution is 7.87. The van der Waals surface area contributed by atoms with Gasteiger partial charge in [-0.15, -0.1) is 0 Å². The van der Waals surface area contributed by atoms with Crippen LogP contribution in [-0.2, 0) is 29.2 Å². The Kier molecular flexibility index (Phi) is 9.27. The van der Waals surface area contributed by atoms with E-state index in [-0.39, 0.29) is 0 Å². The van der Waals surface area contributed by atoms with Gasteiger partial charge >= 0.3 is 75.9 Å². The maximum atomic E-state index is 14.0.